The lowest BCUT2D eigenvalue weighted by atomic mass is 10.00. The van der Waals surface area contributed by atoms with Gasteiger partial charge in [-0.3, -0.25) is 0 Å². The third-order valence-electron chi connectivity index (χ3n) is 4.48. The van der Waals surface area contributed by atoms with E-state index in [-0.39, 0.29) is 0 Å². The van der Waals surface area contributed by atoms with Gasteiger partial charge in [0.1, 0.15) is 0 Å². The Balaban J connectivity index is 1.81. The van der Waals surface area contributed by atoms with E-state index in [1.165, 1.54) is 33.4 Å². The average Bonchev–Trinajstić information content (AvgIpc) is 2.90. The highest BCUT2D eigenvalue weighted by Crippen LogP contribution is 2.37. The van der Waals surface area contributed by atoms with Crippen molar-refractivity contribution >= 4 is 0 Å². The molecule has 0 amide bonds. The molecular weight excluding hydrogens is 264 g/mol. The van der Waals surface area contributed by atoms with Crippen molar-refractivity contribution in [1.29, 1.82) is 0 Å². The maximum absolute atomic E-state index is 3.82. The zero-order valence-corrected chi connectivity index (χ0v) is 13.4. The second-order valence-electron chi connectivity index (χ2n) is 6.09. The van der Waals surface area contributed by atoms with Gasteiger partial charge in [0, 0.05) is 0 Å². The molecule has 0 heteroatoms. The monoisotopic (exact) mass is 288 g/mol. The fourth-order valence-corrected chi connectivity index (χ4v) is 3.31. The van der Waals surface area contributed by atoms with Crippen molar-refractivity contribution in [3.05, 3.63) is 83.5 Å². The van der Waals surface area contributed by atoms with Gasteiger partial charge in [0.25, 0.3) is 0 Å². The van der Waals surface area contributed by atoms with Gasteiger partial charge in [-0.15, -0.1) is 6.58 Å². The fourth-order valence-electron chi connectivity index (χ4n) is 3.31. The van der Waals surface area contributed by atoms with Crippen LogP contribution in [0.4, 0.5) is 0 Å². The molecule has 0 N–H and O–H groups in total. The van der Waals surface area contributed by atoms with Crippen LogP contribution in [0.25, 0.3) is 11.1 Å². The summed E-state index contributed by atoms with van der Waals surface area (Å²) in [6.07, 6.45) is 11.9. The van der Waals surface area contributed by atoms with Gasteiger partial charge in [0.05, 0.1) is 0 Å². The number of aryl methyl sites for hydroxylation is 2. The first-order valence-corrected chi connectivity index (χ1v) is 8.28. The van der Waals surface area contributed by atoms with E-state index in [1.54, 1.807) is 0 Å². The van der Waals surface area contributed by atoms with Crippen LogP contribution in [0, 0.1) is 0 Å². The molecule has 0 aliphatic heterocycles. The zero-order chi connectivity index (χ0) is 15.4. The van der Waals surface area contributed by atoms with E-state index < -0.39 is 0 Å². The Hall–Kier alpha value is -2.08. The summed E-state index contributed by atoms with van der Waals surface area (Å²) >= 11 is 0. The predicted molar refractivity (Wildman–Crippen MR) is 96.3 cm³/mol. The molecule has 0 heterocycles. The Bertz CT molecular complexity index is 704. The van der Waals surface area contributed by atoms with Crippen molar-refractivity contribution in [3.8, 4) is 11.1 Å². The van der Waals surface area contributed by atoms with E-state index in [1.807, 2.05) is 6.08 Å². The first-order chi connectivity index (χ1) is 10.8. The zero-order valence-electron chi connectivity index (χ0n) is 13.4. The molecule has 22 heavy (non-hydrogen) atoms. The van der Waals surface area contributed by atoms with Gasteiger partial charge < -0.3 is 0 Å². The number of hydrogen-bond acceptors (Lipinski definition) is 0. The summed E-state index contributed by atoms with van der Waals surface area (Å²) in [6, 6.07) is 14.0. The van der Waals surface area contributed by atoms with Crippen molar-refractivity contribution < 1.29 is 0 Å². The molecular formula is C22H24. The lowest BCUT2D eigenvalue weighted by molar-refractivity contribution is 0.993. The highest BCUT2D eigenvalue weighted by molar-refractivity contribution is 5.77. The van der Waals surface area contributed by atoms with Crippen molar-refractivity contribution in [3.63, 3.8) is 0 Å². The van der Waals surface area contributed by atoms with Crippen LogP contribution in [0.2, 0.25) is 0 Å². The summed E-state index contributed by atoms with van der Waals surface area (Å²) in [5, 5.41) is 0. The second kappa shape index (κ2) is 6.79. The lowest BCUT2D eigenvalue weighted by Crippen LogP contribution is -1.88. The molecule has 112 valence electrons. The van der Waals surface area contributed by atoms with Gasteiger partial charge in [-0.25, -0.2) is 0 Å². The van der Waals surface area contributed by atoms with Gasteiger partial charge in [0.15, 0.2) is 0 Å². The molecule has 1 aliphatic rings. The molecule has 0 saturated carbocycles. The maximum Gasteiger partial charge on any atom is -0.00133 e. The van der Waals surface area contributed by atoms with Crippen molar-refractivity contribution in [1.82, 2.24) is 0 Å². The van der Waals surface area contributed by atoms with Gasteiger partial charge in [-0.1, -0.05) is 54.6 Å². The van der Waals surface area contributed by atoms with Crippen LogP contribution < -0.4 is 0 Å². The maximum atomic E-state index is 3.82. The number of benzene rings is 2. The Morgan fingerprint density at radius 2 is 1.50 bits per heavy atom. The van der Waals surface area contributed by atoms with Gasteiger partial charge in [0.2, 0.25) is 0 Å². The quantitative estimate of drug-likeness (QED) is 0.496. The Labute approximate surface area is 134 Å². The van der Waals surface area contributed by atoms with E-state index in [0.29, 0.717) is 0 Å². The van der Waals surface area contributed by atoms with E-state index >= 15 is 0 Å². The normalized spacial score (nSPS) is 12.4. The van der Waals surface area contributed by atoms with Crippen LogP contribution in [-0.4, -0.2) is 0 Å². The molecule has 0 aromatic heterocycles. The first-order valence-electron chi connectivity index (χ1n) is 8.28. The second-order valence-corrected chi connectivity index (χ2v) is 6.09. The molecule has 2 aromatic rings. The molecule has 0 atom stereocenters. The van der Waals surface area contributed by atoms with E-state index in [2.05, 4.69) is 62.1 Å². The summed E-state index contributed by atoms with van der Waals surface area (Å²) in [6.45, 7) is 5.90. The third-order valence-corrected chi connectivity index (χ3v) is 4.48. The van der Waals surface area contributed by atoms with Crippen molar-refractivity contribution in [2.24, 2.45) is 0 Å². The highest BCUT2D eigenvalue weighted by atomic mass is 14.2. The van der Waals surface area contributed by atoms with Crippen LogP contribution in [0.1, 0.15) is 42.0 Å². The minimum atomic E-state index is 1.06. The summed E-state index contributed by atoms with van der Waals surface area (Å²) < 4.78 is 0. The number of rotatable bonds is 6. The SMILES string of the molecule is C=CCCc1ccc2c(c1)Cc1cc(CC/C=C/C)ccc1-2. The molecule has 1 aliphatic carbocycles. The number of fused-ring (bicyclic) bond motifs is 3. The Kier molecular flexibility index (Phi) is 4.58. The minimum absolute atomic E-state index is 1.06. The average molecular weight is 288 g/mol. The molecule has 0 saturated heterocycles. The van der Waals surface area contributed by atoms with Crippen LogP contribution >= 0.6 is 0 Å². The highest BCUT2D eigenvalue weighted by Gasteiger charge is 2.18. The topological polar surface area (TPSA) is 0 Å². The summed E-state index contributed by atoms with van der Waals surface area (Å²) in [7, 11) is 0. The van der Waals surface area contributed by atoms with Crippen molar-refractivity contribution in [2.45, 2.75) is 39.0 Å². The Morgan fingerprint density at radius 1 is 0.909 bits per heavy atom. The molecule has 0 nitrogen and oxygen atoms in total. The first kappa shape index (κ1) is 14.8. The van der Waals surface area contributed by atoms with Crippen LogP contribution in [-0.2, 0) is 19.3 Å². The third kappa shape index (κ3) is 3.06. The lowest BCUT2D eigenvalue weighted by Gasteiger charge is -2.05. The van der Waals surface area contributed by atoms with Crippen LogP contribution in [0.15, 0.2) is 61.2 Å². The van der Waals surface area contributed by atoms with E-state index in [4.69, 9.17) is 0 Å². The smallest absolute Gasteiger partial charge is 0.00133 e. The molecule has 2 aromatic carbocycles. The van der Waals surface area contributed by atoms with Gasteiger partial charge >= 0.3 is 0 Å². The molecule has 0 radical (unpaired) electrons. The number of hydrogen-bond donors (Lipinski definition) is 0. The standard InChI is InChI=1S/C22H24/c1-3-5-7-9-18-11-13-22-20(15-18)16-19-14-17(8-6-4-2)10-12-21(19)22/h3-5,10-15H,2,6-9,16H2,1H3/b5-3+. The fraction of sp³-hybridized carbons (Fsp3) is 0.273. The Morgan fingerprint density at radius 3 is 2.05 bits per heavy atom. The molecule has 3 rings (SSSR count). The van der Waals surface area contributed by atoms with E-state index in [9.17, 15) is 0 Å². The molecule has 0 bridgehead atoms. The van der Waals surface area contributed by atoms with Crippen LogP contribution in [0.3, 0.4) is 0 Å². The number of allylic oxidation sites excluding steroid dienone is 3. The van der Waals surface area contributed by atoms with E-state index in [0.717, 1.165) is 32.1 Å². The van der Waals surface area contributed by atoms with Gasteiger partial charge in [-0.2, -0.15) is 0 Å². The van der Waals surface area contributed by atoms with Crippen molar-refractivity contribution in [2.75, 3.05) is 0 Å². The summed E-state index contributed by atoms with van der Waals surface area (Å²) in [5.41, 5.74) is 8.73. The molecule has 0 spiro atoms. The van der Waals surface area contributed by atoms with Crippen LogP contribution in [0.5, 0.6) is 0 Å². The largest absolute Gasteiger partial charge is 0.103 e. The predicted octanol–water partition coefficient (Wildman–Crippen LogP) is 5.89. The van der Waals surface area contributed by atoms with Gasteiger partial charge in [-0.05, 0) is 72.4 Å². The molecule has 0 fully saturated rings. The molecule has 0 unspecified atom stereocenters. The summed E-state index contributed by atoms with van der Waals surface area (Å²) in [4.78, 5) is 0. The summed E-state index contributed by atoms with van der Waals surface area (Å²) in [5.74, 6) is 0. The minimum Gasteiger partial charge on any atom is -0.103 e.